The van der Waals surface area contributed by atoms with Gasteiger partial charge in [-0.25, -0.2) is 8.42 Å². The van der Waals surface area contributed by atoms with Gasteiger partial charge in [-0.3, -0.25) is 0 Å². The lowest BCUT2D eigenvalue weighted by Crippen LogP contribution is -2.29. The first kappa shape index (κ1) is 14.5. The zero-order valence-electron chi connectivity index (χ0n) is 11.0. The van der Waals surface area contributed by atoms with Gasteiger partial charge in [0.25, 0.3) is 0 Å². The fourth-order valence-electron chi connectivity index (χ4n) is 2.22. The third-order valence-electron chi connectivity index (χ3n) is 3.49. The van der Waals surface area contributed by atoms with E-state index in [0.717, 1.165) is 12.0 Å². The van der Waals surface area contributed by atoms with Gasteiger partial charge in [0, 0.05) is 19.1 Å². The van der Waals surface area contributed by atoms with E-state index in [1.54, 1.807) is 18.2 Å². The molecule has 6 heteroatoms. The molecule has 19 heavy (non-hydrogen) atoms. The highest BCUT2D eigenvalue weighted by Crippen LogP contribution is 2.24. The summed E-state index contributed by atoms with van der Waals surface area (Å²) >= 11 is 0. The van der Waals surface area contributed by atoms with Crippen molar-refractivity contribution in [3.8, 4) is 0 Å². The number of sulfonamides is 1. The van der Waals surface area contributed by atoms with Gasteiger partial charge in [0.15, 0.2) is 0 Å². The van der Waals surface area contributed by atoms with Crippen LogP contribution in [0.5, 0.6) is 0 Å². The lowest BCUT2D eigenvalue weighted by molar-refractivity contribution is 0.189. The molecule has 1 aromatic carbocycles. The topological polar surface area (TPSA) is 83.6 Å². The molecule has 2 unspecified atom stereocenters. The maximum absolute atomic E-state index is 12.4. The van der Waals surface area contributed by atoms with Crippen molar-refractivity contribution in [3.63, 3.8) is 0 Å². The fraction of sp³-hybridized carbons (Fsp3) is 0.538. The Labute approximate surface area is 114 Å². The van der Waals surface area contributed by atoms with Crippen molar-refractivity contribution < 1.29 is 13.5 Å². The second-order valence-corrected chi connectivity index (χ2v) is 6.83. The molecule has 0 aliphatic carbocycles. The van der Waals surface area contributed by atoms with Crippen LogP contribution in [0.15, 0.2) is 29.2 Å². The lowest BCUT2D eigenvalue weighted by Gasteiger charge is -2.17. The summed E-state index contributed by atoms with van der Waals surface area (Å²) in [5.41, 5.74) is 6.76. The number of benzene rings is 1. The Morgan fingerprint density at radius 1 is 1.53 bits per heavy atom. The van der Waals surface area contributed by atoms with Crippen molar-refractivity contribution in [2.45, 2.75) is 36.8 Å². The van der Waals surface area contributed by atoms with E-state index in [2.05, 4.69) is 0 Å². The van der Waals surface area contributed by atoms with Crippen LogP contribution in [0.4, 0.5) is 0 Å². The molecule has 3 N–H and O–H groups in total. The number of β-amino-alcohol motifs (C(OH)–C–C–N with tert-alkyl or cyclic N) is 1. The maximum atomic E-state index is 12.4. The lowest BCUT2D eigenvalue weighted by atomic mass is 10.1. The van der Waals surface area contributed by atoms with Gasteiger partial charge in [-0.05, 0) is 30.5 Å². The van der Waals surface area contributed by atoms with Crippen molar-refractivity contribution in [2.24, 2.45) is 5.73 Å². The predicted octanol–water partition coefficient (Wildman–Crippen LogP) is 0.852. The highest BCUT2D eigenvalue weighted by atomic mass is 32.2. The quantitative estimate of drug-likeness (QED) is 0.858. The van der Waals surface area contributed by atoms with Crippen molar-refractivity contribution in [2.75, 3.05) is 13.1 Å². The number of nitrogens with zero attached hydrogens (tertiary/aromatic N) is 1. The summed E-state index contributed by atoms with van der Waals surface area (Å²) in [6, 6.07) is 6.61. The minimum atomic E-state index is -3.52. The summed E-state index contributed by atoms with van der Waals surface area (Å²) in [5, 5.41) is 9.46. The number of hydrogen-bond donors (Lipinski definition) is 2. The summed E-state index contributed by atoms with van der Waals surface area (Å²) in [7, 11) is -3.52. The SMILES string of the molecule is CCC(N)c1cccc(S(=O)(=O)N2CCC(O)C2)c1. The molecule has 0 amide bonds. The van der Waals surface area contributed by atoms with Crippen molar-refractivity contribution >= 4 is 10.0 Å². The van der Waals surface area contributed by atoms with Gasteiger partial charge >= 0.3 is 0 Å². The van der Waals surface area contributed by atoms with E-state index in [9.17, 15) is 13.5 Å². The van der Waals surface area contributed by atoms with Gasteiger partial charge in [0.05, 0.1) is 11.0 Å². The Morgan fingerprint density at radius 2 is 2.26 bits per heavy atom. The molecule has 106 valence electrons. The highest BCUT2D eigenvalue weighted by molar-refractivity contribution is 7.89. The van der Waals surface area contributed by atoms with Crippen LogP contribution >= 0.6 is 0 Å². The smallest absolute Gasteiger partial charge is 0.243 e. The standard InChI is InChI=1S/C13H20N2O3S/c1-2-13(14)10-4-3-5-12(8-10)19(17,18)15-7-6-11(16)9-15/h3-5,8,11,13,16H,2,6-7,9,14H2,1H3. The van der Waals surface area contributed by atoms with Crippen LogP contribution in [-0.4, -0.2) is 37.0 Å². The van der Waals surface area contributed by atoms with Gasteiger partial charge < -0.3 is 10.8 Å². The van der Waals surface area contributed by atoms with Gasteiger partial charge in [0.2, 0.25) is 10.0 Å². The molecule has 0 spiro atoms. The van der Waals surface area contributed by atoms with Gasteiger partial charge in [-0.15, -0.1) is 0 Å². The molecule has 1 heterocycles. The van der Waals surface area contributed by atoms with Crippen molar-refractivity contribution in [3.05, 3.63) is 29.8 Å². The number of aliphatic hydroxyl groups excluding tert-OH is 1. The Bertz CT molecular complexity index is 545. The Morgan fingerprint density at radius 3 is 2.84 bits per heavy atom. The fourth-order valence-corrected chi connectivity index (χ4v) is 3.77. The van der Waals surface area contributed by atoms with E-state index in [0.29, 0.717) is 13.0 Å². The second-order valence-electron chi connectivity index (χ2n) is 4.89. The molecule has 1 aliphatic rings. The normalized spacial score (nSPS) is 22.6. The van der Waals surface area contributed by atoms with Gasteiger partial charge in [-0.2, -0.15) is 4.31 Å². The average molecular weight is 284 g/mol. The minimum absolute atomic E-state index is 0.153. The summed E-state index contributed by atoms with van der Waals surface area (Å²) < 4.78 is 26.2. The molecule has 2 atom stereocenters. The number of rotatable bonds is 4. The molecule has 1 aromatic rings. The largest absolute Gasteiger partial charge is 0.392 e. The summed E-state index contributed by atoms with van der Waals surface area (Å²) in [4.78, 5) is 0.253. The van der Waals surface area contributed by atoms with E-state index < -0.39 is 16.1 Å². The van der Waals surface area contributed by atoms with Crippen LogP contribution in [0.1, 0.15) is 31.4 Å². The van der Waals surface area contributed by atoms with Crippen molar-refractivity contribution in [1.82, 2.24) is 4.31 Å². The third-order valence-corrected chi connectivity index (χ3v) is 5.35. The first-order valence-corrected chi connectivity index (χ1v) is 7.93. The van der Waals surface area contributed by atoms with E-state index in [-0.39, 0.29) is 17.5 Å². The van der Waals surface area contributed by atoms with Crippen LogP contribution in [0.25, 0.3) is 0 Å². The van der Waals surface area contributed by atoms with Crippen molar-refractivity contribution in [1.29, 1.82) is 0 Å². The molecular weight excluding hydrogens is 264 g/mol. The molecule has 1 saturated heterocycles. The van der Waals surface area contributed by atoms with Crippen LogP contribution in [0, 0.1) is 0 Å². The number of nitrogens with two attached hydrogens (primary N) is 1. The highest BCUT2D eigenvalue weighted by Gasteiger charge is 2.31. The van der Waals surface area contributed by atoms with Crippen LogP contribution in [0.2, 0.25) is 0 Å². The molecular formula is C13H20N2O3S. The Balaban J connectivity index is 2.30. The van der Waals surface area contributed by atoms with Crippen LogP contribution in [-0.2, 0) is 10.0 Å². The predicted molar refractivity (Wildman–Crippen MR) is 73.0 cm³/mol. The van der Waals surface area contributed by atoms with E-state index in [1.165, 1.54) is 4.31 Å². The number of hydrogen-bond acceptors (Lipinski definition) is 4. The average Bonchev–Trinajstić information content (AvgIpc) is 2.85. The summed E-state index contributed by atoms with van der Waals surface area (Å²) in [5.74, 6) is 0. The van der Waals surface area contributed by atoms with Gasteiger partial charge in [-0.1, -0.05) is 19.1 Å². The van der Waals surface area contributed by atoms with Crippen LogP contribution in [0.3, 0.4) is 0 Å². The molecule has 0 bridgehead atoms. The first-order valence-electron chi connectivity index (χ1n) is 6.49. The molecule has 1 fully saturated rings. The van der Waals surface area contributed by atoms with Crippen LogP contribution < -0.4 is 5.73 Å². The first-order chi connectivity index (χ1) is 8.95. The minimum Gasteiger partial charge on any atom is -0.392 e. The number of aliphatic hydroxyl groups is 1. The zero-order chi connectivity index (χ0) is 14.0. The summed E-state index contributed by atoms with van der Waals surface area (Å²) in [6.45, 7) is 2.50. The molecule has 0 aromatic heterocycles. The Kier molecular flexibility index (Phi) is 4.25. The second kappa shape index (κ2) is 5.58. The van der Waals surface area contributed by atoms with Gasteiger partial charge in [0.1, 0.15) is 0 Å². The molecule has 0 saturated carbocycles. The monoisotopic (exact) mass is 284 g/mol. The van der Waals surface area contributed by atoms with E-state index in [4.69, 9.17) is 5.73 Å². The molecule has 0 radical (unpaired) electrons. The molecule has 1 aliphatic heterocycles. The third kappa shape index (κ3) is 2.97. The maximum Gasteiger partial charge on any atom is 0.243 e. The molecule has 2 rings (SSSR count). The van der Waals surface area contributed by atoms with E-state index in [1.807, 2.05) is 13.0 Å². The summed E-state index contributed by atoms with van der Waals surface area (Å²) in [6.07, 6.45) is 0.690. The zero-order valence-corrected chi connectivity index (χ0v) is 11.8. The van der Waals surface area contributed by atoms with E-state index >= 15 is 0 Å². The molecule has 5 nitrogen and oxygen atoms in total. The Hall–Kier alpha value is -0.950.